The van der Waals surface area contributed by atoms with Crippen LogP contribution in [-0.2, 0) is 14.8 Å². The highest BCUT2D eigenvalue weighted by molar-refractivity contribution is 7.88. The molecule has 13 nitrogen and oxygen atoms in total. The summed E-state index contributed by atoms with van der Waals surface area (Å²) in [6, 6.07) is 2.11. The summed E-state index contributed by atoms with van der Waals surface area (Å²) in [7, 11) is -1.30. The Morgan fingerprint density at radius 1 is 1.07 bits per heavy atom. The number of likely N-dealkylation sites (N-methyl/N-ethyl adjacent to an activating group) is 1. The molecule has 2 aliphatic heterocycles. The largest absolute Gasteiger partial charge is 0.474 e. The van der Waals surface area contributed by atoms with E-state index in [-0.39, 0.29) is 12.1 Å². The molecule has 0 amide bonds. The van der Waals surface area contributed by atoms with Crippen molar-refractivity contribution in [2.45, 2.75) is 44.8 Å². The standard InChI is InChI=1S/C29H43N9O4S/c1-21(35-43(4,39)40)17-25-26(30-2)18-27(38-13-15-41-16-14-38)34-28(25)42-24-7-5-22(6-8-24)33-29-31-19-23(20-32-29)37-11-9-36(3)10-12-37/h17-20,22,24,35H,2,5-16H2,1,3-4H3,(H,31,32,33)/b21-17+/t22-,24+. The number of hydrogen-bond donors (Lipinski definition) is 2. The van der Waals surface area contributed by atoms with Gasteiger partial charge in [-0.25, -0.2) is 18.4 Å². The summed E-state index contributed by atoms with van der Waals surface area (Å²) in [5.74, 6) is 1.80. The number of morpholine rings is 1. The Bertz CT molecular complexity index is 1380. The van der Waals surface area contributed by atoms with Gasteiger partial charge in [-0.05, 0) is 52.4 Å². The number of hydrogen-bond acceptors (Lipinski definition) is 12. The smallest absolute Gasteiger partial charge is 0.229 e. The Labute approximate surface area is 254 Å². The maximum atomic E-state index is 11.8. The third-order valence-corrected chi connectivity index (χ3v) is 8.69. The van der Waals surface area contributed by atoms with Gasteiger partial charge in [0.1, 0.15) is 11.9 Å². The van der Waals surface area contributed by atoms with Crippen LogP contribution in [0.15, 0.2) is 29.1 Å². The number of aliphatic imine (C=N–C) groups is 1. The zero-order valence-corrected chi connectivity index (χ0v) is 26.1. The van der Waals surface area contributed by atoms with Gasteiger partial charge in [-0.1, -0.05) is 0 Å². The SMILES string of the molecule is C=Nc1cc(N2CCOCC2)nc(O[C@H]2CC[C@@H](Nc3ncc(N4CCN(C)CC4)cn3)CC2)c1/C=C(\C)NS(C)(=O)=O. The Morgan fingerprint density at radius 2 is 1.74 bits per heavy atom. The molecule has 0 radical (unpaired) electrons. The number of ether oxygens (including phenoxy) is 2. The second-order valence-electron chi connectivity index (χ2n) is 11.5. The van der Waals surface area contributed by atoms with Crippen molar-refractivity contribution in [3.05, 3.63) is 29.7 Å². The molecule has 5 rings (SSSR count). The van der Waals surface area contributed by atoms with Gasteiger partial charge < -0.3 is 29.5 Å². The van der Waals surface area contributed by atoms with Crippen LogP contribution in [0, 0.1) is 0 Å². The van der Waals surface area contributed by atoms with Crippen molar-refractivity contribution in [2.24, 2.45) is 4.99 Å². The normalized spacial score (nSPS) is 22.3. The van der Waals surface area contributed by atoms with Gasteiger partial charge >= 0.3 is 0 Å². The van der Waals surface area contributed by atoms with Crippen molar-refractivity contribution >= 4 is 46.0 Å². The number of pyridine rings is 1. The molecular formula is C29H43N9O4S. The van der Waals surface area contributed by atoms with Gasteiger partial charge in [0.05, 0.1) is 48.8 Å². The lowest BCUT2D eigenvalue weighted by molar-refractivity contribution is 0.122. The lowest BCUT2D eigenvalue weighted by atomic mass is 9.93. The number of anilines is 3. The van der Waals surface area contributed by atoms with E-state index >= 15 is 0 Å². The van der Waals surface area contributed by atoms with E-state index in [2.05, 4.69) is 53.5 Å². The number of rotatable bonds is 10. The average molecular weight is 614 g/mol. The third-order valence-electron chi connectivity index (χ3n) is 7.99. The molecule has 0 atom stereocenters. The second kappa shape index (κ2) is 13.9. The van der Waals surface area contributed by atoms with Crippen LogP contribution in [0.1, 0.15) is 38.2 Å². The minimum absolute atomic E-state index is 0.0565. The van der Waals surface area contributed by atoms with Crippen molar-refractivity contribution < 1.29 is 17.9 Å². The van der Waals surface area contributed by atoms with E-state index in [1.54, 1.807) is 13.0 Å². The van der Waals surface area contributed by atoms with E-state index < -0.39 is 10.0 Å². The van der Waals surface area contributed by atoms with Crippen LogP contribution in [-0.4, -0.2) is 113 Å². The fraction of sp³-hybridized carbons (Fsp3) is 0.586. The van der Waals surface area contributed by atoms with Crippen LogP contribution in [0.3, 0.4) is 0 Å². The number of sulfonamides is 1. The molecule has 2 aromatic heterocycles. The van der Waals surface area contributed by atoms with Crippen LogP contribution in [0.4, 0.5) is 23.1 Å². The van der Waals surface area contributed by atoms with Gasteiger partial charge in [-0.3, -0.25) is 9.71 Å². The van der Waals surface area contributed by atoms with E-state index in [1.165, 1.54) is 0 Å². The summed E-state index contributed by atoms with van der Waals surface area (Å²) in [6.45, 7) is 12.2. The maximum absolute atomic E-state index is 11.8. The molecule has 1 aliphatic carbocycles. The summed E-state index contributed by atoms with van der Waals surface area (Å²) in [5.41, 5.74) is 2.66. The fourth-order valence-corrected chi connectivity index (χ4v) is 6.29. The molecule has 14 heteroatoms. The summed E-state index contributed by atoms with van der Waals surface area (Å²) in [4.78, 5) is 25.1. The van der Waals surface area contributed by atoms with Gasteiger partial charge in [0, 0.05) is 57.1 Å². The van der Waals surface area contributed by atoms with Gasteiger partial charge in [0.2, 0.25) is 21.9 Å². The van der Waals surface area contributed by atoms with Gasteiger partial charge in [-0.15, -0.1) is 0 Å². The Morgan fingerprint density at radius 3 is 2.37 bits per heavy atom. The summed E-state index contributed by atoms with van der Waals surface area (Å²) in [6.07, 6.45) is 10.0. The molecule has 0 unspecified atom stereocenters. The van der Waals surface area contributed by atoms with Crippen LogP contribution < -0.4 is 24.6 Å². The molecule has 3 aliphatic rings. The molecule has 1 saturated carbocycles. The topological polar surface area (TPSA) is 137 Å². The zero-order valence-electron chi connectivity index (χ0n) is 25.3. The Hall–Kier alpha value is -3.49. The molecule has 234 valence electrons. The number of allylic oxidation sites excluding steroid dienone is 1. The van der Waals surface area contributed by atoms with Crippen LogP contribution in [0.5, 0.6) is 5.88 Å². The van der Waals surface area contributed by atoms with Crippen LogP contribution in [0.2, 0.25) is 0 Å². The molecule has 0 spiro atoms. The van der Waals surface area contributed by atoms with Crippen molar-refractivity contribution in [3.63, 3.8) is 0 Å². The van der Waals surface area contributed by atoms with Crippen LogP contribution in [0.25, 0.3) is 6.08 Å². The van der Waals surface area contributed by atoms with Crippen LogP contribution >= 0.6 is 0 Å². The zero-order chi connectivity index (χ0) is 30.4. The van der Waals surface area contributed by atoms with Gasteiger partial charge in [-0.2, -0.15) is 4.98 Å². The first-order valence-corrected chi connectivity index (χ1v) is 16.8. The molecule has 0 aromatic carbocycles. The highest BCUT2D eigenvalue weighted by Crippen LogP contribution is 2.36. The Balaban J connectivity index is 1.25. The fourth-order valence-electron chi connectivity index (χ4n) is 5.64. The number of aromatic nitrogens is 3. The first kappa shape index (κ1) is 31.0. The van der Waals surface area contributed by atoms with E-state index in [0.717, 1.165) is 69.6 Å². The second-order valence-corrected chi connectivity index (χ2v) is 13.2. The molecular weight excluding hydrogens is 570 g/mol. The maximum Gasteiger partial charge on any atom is 0.229 e. The minimum Gasteiger partial charge on any atom is -0.474 e. The molecule has 2 N–H and O–H groups in total. The first-order valence-electron chi connectivity index (χ1n) is 14.9. The van der Waals surface area contributed by atoms with E-state index in [0.29, 0.717) is 55.1 Å². The monoisotopic (exact) mass is 613 g/mol. The van der Waals surface area contributed by atoms with Gasteiger partial charge in [0.25, 0.3) is 0 Å². The van der Waals surface area contributed by atoms with Crippen molar-refractivity contribution in [2.75, 3.05) is 80.9 Å². The highest BCUT2D eigenvalue weighted by atomic mass is 32.2. The molecule has 0 bridgehead atoms. The number of nitrogens with one attached hydrogen (secondary N) is 2. The predicted molar refractivity (Wildman–Crippen MR) is 170 cm³/mol. The average Bonchev–Trinajstić information content (AvgIpc) is 2.99. The molecule has 2 saturated heterocycles. The van der Waals surface area contributed by atoms with E-state index in [4.69, 9.17) is 14.5 Å². The summed E-state index contributed by atoms with van der Waals surface area (Å²) >= 11 is 0. The van der Waals surface area contributed by atoms with Crippen molar-refractivity contribution in [1.29, 1.82) is 0 Å². The quantitative estimate of drug-likeness (QED) is 0.383. The molecule has 43 heavy (non-hydrogen) atoms. The lowest BCUT2D eigenvalue weighted by Gasteiger charge is -2.33. The van der Waals surface area contributed by atoms with E-state index in [9.17, 15) is 8.42 Å². The lowest BCUT2D eigenvalue weighted by Crippen LogP contribution is -2.44. The first-order chi connectivity index (χ1) is 20.7. The van der Waals surface area contributed by atoms with Crippen molar-refractivity contribution in [3.8, 4) is 5.88 Å². The summed E-state index contributed by atoms with van der Waals surface area (Å²) in [5, 5.41) is 3.50. The molecule has 2 aromatic rings. The summed E-state index contributed by atoms with van der Waals surface area (Å²) < 4.78 is 38.2. The highest BCUT2D eigenvalue weighted by Gasteiger charge is 2.26. The minimum atomic E-state index is -3.44. The van der Waals surface area contributed by atoms with E-state index in [1.807, 2.05) is 18.5 Å². The molecule has 4 heterocycles. The Kier molecular flexibility index (Phi) is 9.98. The third kappa shape index (κ3) is 8.54. The number of piperazine rings is 1. The molecule has 3 fully saturated rings. The van der Waals surface area contributed by atoms with Crippen molar-refractivity contribution in [1.82, 2.24) is 24.6 Å². The predicted octanol–water partition coefficient (Wildman–Crippen LogP) is 2.50. The van der Waals surface area contributed by atoms with Gasteiger partial charge in [0.15, 0.2) is 0 Å². The number of nitrogens with zero attached hydrogens (tertiary/aromatic N) is 7.